The summed E-state index contributed by atoms with van der Waals surface area (Å²) in [4.78, 5) is 15.5. The molecule has 0 saturated carbocycles. The second kappa shape index (κ2) is 6.91. The van der Waals surface area contributed by atoms with Crippen LogP contribution in [0.4, 0.5) is 4.79 Å². The number of carbonyl (C=O) groups is 1. The van der Waals surface area contributed by atoms with E-state index in [2.05, 4.69) is 33.0 Å². The van der Waals surface area contributed by atoms with Crippen LogP contribution in [0.15, 0.2) is 17.5 Å². The van der Waals surface area contributed by atoms with Crippen molar-refractivity contribution in [3.05, 3.63) is 22.4 Å². The number of rotatable bonds is 5. The van der Waals surface area contributed by atoms with Crippen LogP contribution >= 0.6 is 11.3 Å². The number of thiophene rings is 1. The Labute approximate surface area is 119 Å². The minimum atomic E-state index is -0.0734. The number of carbonyl (C=O) groups excluding carboxylic acids is 1. The van der Waals surface area contributed by atoms with Gasteiger partial charge < -0.3 is 10.6 Å². The van der Waals surface area contributed by atoms with Crippen molar-refractivity contribution < 1.29 is 4.79 Å². The van der Waals surface area contributed by atoms with E-state index in [0.717, 1.165) is 13.1 Å². The average molecular weight is 281 g/mol. The van der Waals surface area contributed by atoms with E-state index in [9.17, 15) is 4.79 Å². The molecule has 2 heterocycles. The Morgan fingerprint density at radius 3 is 2.74 bits per heavy atom. The maximum Gasteiger partial charge on any atom is 0.315 e. The molecule has 1 atom stereocenters. The summed E-state index contributed by atoms with van der Waals surface area (Å²) in [6.45, 7) is 6.89. The Morgan fingerprint density at radius 1 is 1.42 bits per heavy atom. The molecular weight excluding hydrogens is 258 g/mol. The molecule has 2 rings (SSSR count). The quantitative estimate of drug-likeness (QED) is 0.871. The lowest BCUT2D eigenvalue weighted by atomic mass is 10.2. The number of nitrogens with one attached hydrogen (secondary N) is 2. The van der Waals surface area contributed by atoms with Crippen LogP contribution in [-0.2, 0) is 0 Å². The van der Waals surface area contributed by atoms with Crippen LogP contribution in [0.25, 0.3) is 0 Å². The van der Waals surface area contributed by atoms with Gasteiger partial charge in [-0.25, -0.2) is 4.79 Å². The fourth-order valence-electron chi connectivity index (χ4n) is 2.45. The molecule has 106 valence electrons. The van der Waals surface area contributed by atoms with Crippen molar-refractivity contribution in [3.63, 3.8) is 0 Å². The van der Waals surface area contributed by atoms with Crippen LogP contribution in [0.2, 0.25) is 0 Å². The fraction of sp³-hybridized carbons (Fsp3) is 0.643. The van der Waals surface area contributed by atoms with Crippen LogP contribution in [0.1, 0.15) is 37.6 Å². The first-order chi connectivity index (χ1) is 9.16. The molecule has 1 unspecified atom stereocenters. The molecule has 0 aliphatic carbocycles. The van der Waals surface area contributed by atoms with Gasteiger partial charge in [-0.3, -0.25) is 4.90 Å². The Kier molecular flexibility index (Phi) is 5.22. The van der Waals surface area contributed by atoms with Gasteiger partial charge in [0, 0.05) is 17.5 Å². The summed E-state index contributed by atoms with van der Waals surface area (Å²) in [6.07, 6.45) is 2.53. The number of likely N-dealkylation sites (tertiary alicyclic amines) is 1. The lowest BCUT2D eigenvalue weighted by Gasteiger charge is -2.27. The van der Waals surface area contributed by atoms with Gasteiger partial charge in [-0.2, -0.15) is 0 Å². The lowest BCUT2D eigenvalue weighted by molar-refractivity contribution is 0.221. The zero-order chi connectivity index (χ0) is 13.7. The molecule has 2 amide bonds. The summed E-state index contributed by atoms with van der Waals surface area (Å²) in [6, 6.07) is 4.66. The third-order valence-electron chi connectivity index (χ3n) is 3.33. The predicted octanol–water partition coefficient (Wildman–Crippen LogP) is 2.59. The van der Waals surface area contributed by atoms with E-state index in [1.807, 2.05) is 13.8 Å². The summed E-state index contributed by atoms with van der Waals surface area (Å²) in [5.41, 5.74) is 0. The summed E-state index contributed by atoms with van der Waals surface area (Å²) in [5, 5.41) is 7.97. The lowest BCUT2D eigenvalue weighted by Crippen LogP contribution is -2.43. The van der Waals surface area contributed by atoms with E-state index in [1.165, 1.54) is 17.7 Å². The summed E-state index contributed by atoms with van der Waals surface area (Å²) in [5.74, 6) is 0. The van der Waals surface area contributed by atoms with Crippen molar-refractivity contribution in [1.29, 1.82) is 0 Å². The minimum Gasteiger partial charge on any atom is -0.336 e. The third kappa shape index (κ3) is 4.21. The van der Waals surface area contributed by atoms with Crippen molar-refractivity contribution in [3.8, 4) is 0 Å². The van der Waals surface area contributed by atoms with E-state index in [1.54, 1.807) is 11.3 Å². The third-order valence-corrected chi connectivity index (χ3v) is 4.30. The standard InChI is InChI=1S/C14H23N3OS/c1-11(2)16-14(18)15-10-12(13-6-5-9-19-13)17-7-3-4-8-17/h5-6,9,11-12H,3-4,7-8,10H2,1-2H3,(H2,15,16,18). The Balaban J connectivity index is 1.92. The summed E-state index contributed by atoms with van der Waals surface area (Å²) >= 11 is 1.77. The summed E-state index contributed by atoms with van der Waals surface area (Å²) < 4.78 is 0. The zero-order valence-corrected chi connectivity index (χ0v) is 12.5. The van der Waals surface area contributed by atoms with Gasteiger partial charge in [-0.1, -0.05) is 6.07 Å². The molecule has 2 N–H and O–H groups in total. The van der Waals surface area contributed by atoms with E-state index < -0.39 is 0 Å². The molecule has 0 radical (unpaired) electrons. The van der Waals surface area contributed by atoms with Crippen LogP contribution < -0.4 is 10.6 Å². The Hall–Kier alpha value is -1.07. The summed E-state index contributed by atoms with van der Waals surface area (Å²) in [7, 11) is 0. The van der Waals surface area contributed by atoms with Gasteiger partial charge in [0.25, 0.3) is 0 Å². The van der Waals surface area contributed by atoms with Crippen molar-refractivity contribution in [2.45, 2.75) is 38.8 Å². The maximum absolute atomic E-state index is 11.7. The smallest absolute Gasteiger partial charge is 0.315 e. The molecule has 0 aromatic carbocycles. The van der Waals surface area contributed by atoms with Gasteiger partial charge in [0.2, 0.25) is 0 Å². The number of hydrogen-bond donors (Lipinski definition) is 2. The van der Waals surface area contributed by atoms with E-state index in [-0.39, 0.29) is 12.1 Å². The van der Waals surface area contributed by atoms with Gasteiger partial charge >= 0.3 is 6.03 Å². The molecule has 0 bridgehead atoms. The molecule has 19 heavy (non-hydrogen) atoms. The minimum absolute atomic E-state index is 0.0734. The zero-order valence-electron chi connectivity index (χ0n) is 11.7. The van der Waals surface area contributed by atoms with Crippen LogP contribution in [0, 0.1) is 0 Å². The number of nitrogens with zero attached hydrogens (tertiary/aromatic N) is 1. The first-order valence-electron chi connectivity index (χ1n) is 6.98. The number of hydrogen-bond acceptors (Lipinski definition) is 3. The maximum atomic E-state index is 11.7. The highest BCUT2D eigenvalue weighted by molar-refractivity contribution is 7.10. The van der Waals surface area contributed by atoms with Crippen molar-refractivity contribution >= 4 is 17.4 Å². The van der Waals surface area contributed by atoms with Crippen LogP contribution in [0.3, 0.4) is 0 Å². The van der Waals surface area contributed by atoms with Gasteiger partial charge in [-0.05, 0) is 51.2 Å². The molecule has 1 saturated heterocycles. The molecule has 5 heteroatoms. The molecule has 1 aliphatic rings. The van der Waals surface area contributed by atoms with Crippen LogP contribution in [0.5, 0.6) is 0 Å². The van der Waals surface area contributed by atoms with Crippen molar-refractivity contribution in [1.82, 2.24) is 15.5 Å². The van der Waals surface area contributed by atoms with E-state index >= 15 is 0 Å². The van der Waals surface area contributed by atoms with Gasteiger partial charge in [0.05, 0.1) is 6.04 Å². The van der Waals surface area contributed by atoms with Gasteiger partial charge in [0.15, 0.2) is 0 Å². The predicted molar refractivity (Wildman–Crippen MR) is 79.5 cm³/mol. The Bertz CT molecular complexity index is 385. The van der Waals surface area contributed by atoms with E-state index in [0.29, 0.717) is 12.6 Å². The highest BCUT2D eigenvalue weighted by Crippen LogP contribution is 2.27. The van der Waals surface area contributed by atoms with Crippen molar-refractivity contribution in [2.24, 2.45) is 0 Å². The van der Waals surface area contributed by atoms with Crippen molar-refractivity contribution in [2.75, 3.05) is 19.6 Å². The van der Waals surface area contributed by atoms with E-state index in [4.69, 9.17) is 0 Å². The molecule has 1 aromatic rings. The second-order valence-electron chi connectivity index (χ2n) is 5.28. The molecule has 0 spiro atoms. The normalized spacial score (nSPS) is 17.6. The highest BCUT2D eigenvalue weighted by atomic mass is 32.1. The molecule has 1 fully saturated rings. The highest BCUT2D eigenvalue weighted by Gasteiger charge is 2.24. The fourth-order valence-corrected chi connectivity index (χ4v) is 3.31. The molecule has 1 aliphatic heterocycles. The Morgan fingerprint density at radius 2 is 2.16 bits per heavy atom. The number of urea groups is 1. The molecule has 4 nitrogen and oxygen atoms in total. The molecule has 1 aromatic heterocycles. The van der Waals surface area contributed by atoms with Crippen LogP contribution in [-0.4, -0.2) is 36.6 Å². The molecular formula is C14H23N3OS. The van der Waals surface area contributed by atoms with Gasteiger partial charge in [0.1, 0.15) is 0 Å². The second-order valence-corrected chi connectivity index (χ2v) is 6.26. The monoisotopic (exact) mass is 281 g/mol. The number of amides is 2. The topological polar surface area (TPSA) is 44.4 Å². The first-order valence-corrected chi connectivity index (χ1v) is 7.86. The largest absolute Gasteiger partial charge is 0.336 e. The first kappa shape index (κ1) is 14.3. The SMILES string of the molecule is CC(C)NC(=O)NCC(c1cccs1)N1CCCC1. The average Bonchev–Trinajstić information content (AvgIpc) is 3.00. The van der Waals surface area contributed by atoms with Gasteiger partial charge in [-0.15, -0.1) is 11.3 Å².